The second-order valence-corrected chi connectivity index (χ2v) is 7.52. The molecular weight excluding hydrogens is 350 g/mol. The second-order valence-electron chi connectivity index (χ2n) is 5.49. The van der Waals surface area contributed by atoms with E-state index in [1.165, 1.54) is 5.56 Å². The Balaban J connectivity index is 1.83. The van der Waals surface area contributed by atoms with Crippen molar-refractivity contribution in [1.29, 1.82) is 0 Å². The lowest BCUT2D eigenvalue weighted by atomic mass is 10.1. The SMILES string of the molecule is CCc1ccc(Nc2ncc(-c3cccs3)c(SCCCO)n2)cc1. The van der Waals surface area contributed by atoms with Crippen molar-refractivity contribution in [1.82, 2.24) is 9.97 Å². The van der Waals surface area contributed by atoms with Gasteiger partial charge in [-0.1, -0.05) is 25.1 Å². The highest BCUT2D eigenvalue weighted by molar-refractivity contribution is 7.99. The van der Waals surface area contributed by atoms with Crippen LogP contribution in [0.4, 0.5) is 11.6 Å². The van der Waals surface area contributed by atoms with Crippen LogP contribution in [0.3, 0.4) is 0 Å². The van der Waals surface area contributed by atoms with Crippen LogP contribution in [0.2, 0.25) is 0 Å². The number of thiophene rings is 1. The van der Waals surface area contributed by atoms with Crippen molar-refractivity contribution in [3.63, 3.8) is 0 Å². The average Bonchev–Trinajstić information content (AvgIpc) is 3.17. The minimum atomic E-state index is 0.196. The first kappa shape index (κ1) is 17.9. The molecule has 0 aliphatic heterocycles. The van der Waals surface area contributed by atoms with Crippen molar-refractivity contribution >= 4 is 34.7 Å². The fraction of sp³-hybridized carbons (Fsp3) is 0.263. The Labute approximate surface area is 156 Å². The number of benzene rings is 1. The molecule has 0 aliphatic rings. The molecule has 0 aliphatic carbocycles. The number of hydrogen-bond donors (Lipinski definition) is 2. The van der Waals surface area contributed by atoms with Gasteiger partial charge >= 0.3 is 0 Å². The lowest BCUT2D eigenvalue weighted by molar-refractivity contribution is 0.296. The molecule has 25 heavy (non-hydrogen) atoms. The highest BCUT2D eigenvalue weighted by atomic mass is 32.2. The predicted octanol–water partition coefficient (Wildman–Crippen LogP) is 4.99. The van der Waals surface area contributed by atoms with Gasteiger partial charge in [0.1, 0.15) is 5.03 Å². The summed E-state index contributed by atoms with van der Waals surface area (Å²) in [6.45, 7) is 2.34. The Morgan fingerprint density at radius 1 is 1.20 bits per heavy atom. The Bertz CT molecular complexity index is 789. The maximum Gasteiger partial charge on any atom is 0.228 e. The van der Waals surface area contributed by atoms with Gasteiger partial charge in [-0.05, 0) is 42.0 Å². The molecule has 0 saturated carbocycles. The third kappa shape index (κ3) is 4.81. The summed E-state index contributed by atoms with van der Waals surface area (Å²) >= 11 is 3.34. The molecule has 2 heterocycles. The summed E-state index contributed by atoms with van der Waals surface area (Å²) in [5, 5.41) is 15.3. The fourth-order valence-electron chi connectivity index (χ4n) is 2.32. The van der Waals surface area contributed by atoms with Crippen LogP contribution >= 0.6 is 23.1 Å². The van der Waals surface area contributed by atoms with Crippen molar-refractivity contribution in [2.75, 3.05) is 17.7 Å². The quantitative estimate of drug-likeness (QED) is 0.332. The largest absolute Gasteiger partial charge is 0.396 e. The van der Waals surface area contributed by atoms with Gasteiger partial charge in [0.25, 0.3) is 0 Å². The topological polar surface area (TPSA) is 58.0 Å². The molecule has 3 aromatic rings. The standard InChI is InChI=1S/C19H21N3OS2/c1-2-14-6-8-15(9-7-14)21-19-20-13-16(17-5-3-11-24-17)18(22-19)25-12-4-10-23/h3,5-9,11,13,23H,2,4,10,12H2,1H3,(H,20,21,22). The summed E-state index contributed by atoms with van der Waals surface area (Å²) in [6, 6.07) is 12.4. The first-order chi connectivity index (χ1) is 12.3. The van der Waals surface area contributed by atoms with Gasteiger partial charge in [-0.3, -0.25) is 0 Å². The third-order valence-electron chi connectivity index (χ3n) is 3.70. The molecule has 0 saturated heterocycles. The molecule has 0 unspecified atom stereocenters. The maximum atomic E-state index is 9.03. The van der Waals surface area contributed by atoms with E-state index in [4.69, 9.17) is 10.1 Å². The van der Waals surface area contributed by atoms with Gasteiger partial charge in [0, 0.05) is 34.7 Å². The predicted molar refractivity (Wildman–Crippen MR) is 107 cm³/mol. The first-order valence-corrected chi connectivity index (χ1v) is 10.2. The summed E-state index contributed by atoms with van der Waals surface area (Å²) in [6.07, 6.45) is 3.65. The van der Waals surface area contributed by atoms with E-state index in [1.807, 2.05) is 24.4 Å². The van der Waals surface area contributed by atoms with Gasteiger partial charge in [-0.2, -0.15) is 0 Å². The molecule has 3 rings (SSSR count). The zero-order valence-electron chi connectivity index (χ0n) is 14.1. The number of aromatic nitrogens is 2. The van der Waals surface area contributed by atoms with Gasteiger partial charge in [0.15, 0.2) is 0 Å². The number of aliphatic hydroxyl groups excluding tert-OH is 1. The average molecular weight is 372 g/mol. The Morgan fingerprint density at radius 2 is 2.04 bits per heavy atom. The van der Waals surface area contributed by atoms with Crippen LogP contribution in [0, 0.1) is 0 Å². The maximum absolute atomic E-state index is 9.03. The number of anilines is 2. The van der Waals surface area contributed by atoms with Crippen LogP contribution in [0.25, 0.3) is 10.4 Å². The van der Waals surface area contributed by atoms with E-state index < -0.39 is 0 Å². The van der Waals surface area contributed by atoms with Crippen molar-refractivity contribution in [3.05, 3.63) is 53.5 Å². The molecule has 1 aromatic carbocycles. The van der Waals surface area contributed by atoms with Crippen molar-refractivity contribution in [3.8, 4) is 10.4 Å². The van der Waals surface area contributed by atoms with Crippen LogP contribution in [0.15, 0.2) is 53.0 Å². The molecule has 0 spiro atoms. The molecule has 0 amide bonds. The summed E-state index contributed by atoms with van der Waals surface area (Å²) in [5.41, 5.74) is 3.33. The lowest BCUT2D eigenvalue weighted by Gasteiger charge is -2.10. The van der Waals surface area contributed by atoms with Gasteiger partial charge in [-0.25, -0.2) is 9.97 Å². The lowest BCUT2D eigenvalue weighted by Crippen LogP contribution is -2.00. The number of nitrogens with one attached hydrogen (secondary N) is 1. The zero-order chi connectivity index (χ0) is 17.5. The molecular formula is C19H21N3OS2. The van der Waals surface area contributed by atoms with E-state index in [9.17, 15) is 0 Å². The second kappa shape index (κ2) is 8.99. The highest BCUT2D eigenvalue weighted by Crippen LogP contribution is 2.33. The minimum Gasteiger partial charge on any atom is -0.396 e. The number of nitrogens with zero attached hydrogens (tertiary/aromatic N) is 2. The van der Waals surface area contributed by atoms with E-state index >= 15 is 0 Å². The molecule has 2 N–H and O–H groups in total. The van der Waals surface area contributed by atoms with E-state index in [1.54, 1.807) is 23.1 Å². The summed E-state index contributed by atoms with van der Waals surface area (Å²) in [7, 11) is 0. The van der Waals surface area contributed by atoms with E-state index in [0.717, 1.165) is 39.7 Å². The number of hydrogen-bond acceptors (Lipinski definition) is 6. The normalized spacial score (nSPS) is 10.8. The van der Waals surface area contributed by atoms with E-state index in [2.05, 4.69) is 40.8 Å². The number of aliphatic hydroxyl groups is 1. The summed E-state index contributed by atoms with van der Waals surface area (Å²) in [4.78, 5) is 10.3. The molecule has 4 nitrogen and oxygen atoms in total. The van der Waals surface area contributed by atoms with Crippen molar-refractivity contribution < 1.29 is 5.11 Å². The zero-order valence-corrected chi connectivity index (χ0v) is 15.7. The molecule has 0 fully saturated rings. The van der Waals surface area contributed by atoms with Gasteiger partial charge in [0.05, 0.1) is 0 Å². The fourth-order valence-corrected chi connectivity index (χ4v) is 4.06. The minimum absolute atomic E-state index is 0.196. The number of aryl methyl sites for hydroxylation is 1. The van der Waals surface area contributed by atoms with Crippen LogP contribution < -0.4 is 5.32 Å². The van der Waals surface area contributed by atoms with Gasteiger partial charge in [-0.15, -0.1) is 23.1 Å². The molecule has 130 valence electrons. The number of rotatable bonds is 8. The molecule has 0 radical (unpaired) electrons. The van der Waals surface area contributed by atoms with Gasteiger partial charge in [0.2, 0.25) is 5.95 Å². The highest BCUT2D eigenvalue weighted by Gasteiger charge is 2.11. The molecule has 2 aromatic heterocycles. The van der Waals surface area contributed by atoms with Gasteiger partial charge < -0.3 is 10.4 Å². The Hall–Kier alpha value is -1.89. The van der Waals surface area contributed by atoms with Crippen molar-refractivity contribution in [2.45, 2.75) is 24.8 Å². The molecule has 0 atom stereocenters. The third-order valence-corrected chi connectivity index (χ3v) is 5.68. The number of thioether (sulfide) groups is 1. The summed E-state index contributed by atoms with van der Waals surface area (Å²) in [5.74, 6) is 1.42. The van der Waals surface area contributed by atoms with E-state index in [0.29, 0.717) is 5.95 Å². The molecule has 0 bridgehead atoms. The first-order valence-electron chi connectivity index (χ1n) is 8.30. The van der Waals surface area contributed by atoms with E-state index in [-0.39, 0.29) is 6.61 Å². The monoisotopic (exact) mass is 371 g/mol. The van der Waals surface area contributed by atoms with Crippen LogP contribution in [0.5, 0.6) is 0 Å². The smallest absolute Gasteiger partial charge is 0.228 e. The van der Waals surface area contributed by atoms with Crippen LogP contribution in [-0.4, -0.2) is 27.4 Å². The van der Waals surface area contributed by atoms with Crippen molar-refractivity contribution in [2.24, 2.45) is 0 Å². The Kier molecular flexibility index (Phi) is 6.44. The molecule has 6 heteroatoms. The Morgan fingerprint density at radius 3 is 2.72 bits per heavy atom. The summed E-state index contributed by atoms with van der Waals surface area (Å²) < 4.78 is 0. The van der Waals surface area contributed by atoms with Crippen LogP contribution in [0.1, 0.15) is 18.9 Å². The van der Waals surface area contributed by atoms with Crippen LogP contribution in [-0.2, 0) is 6.42 Å².